The molecule has 2 amide bonds. The normalized spacial score (nSPS) is 12.7. The maximum atomic E-state index is 14.6. The number of anilines is 1. The van der Waals surface area contributed by atoms with E-state index in [0.717, 1.165) is 26.6 Å². The van der Waals surface area contributed by atoms with Crippen LogP contribution in [0, 0.1) is 13.8 Å². The Bertz CT molecular complexity index is 1770. The van der Waals surface area contributed by atoms with E-state index in [9.17, 15) is 18.0 Å². The monoisotopic (exact) mass is 679 g/mol. The summed E-state index contributed by atoms with van der Waals surface area (Å²) in [5, 5.41) is 3.43. The Hall–Kier alpha value is -3.85. The summed E-state index contributed by atoms with van der Waals surface area (Å²) < 4.78 is 29.4. The van der Waals surface area contributed by atoms with Crippen molar-refractivity contribution in [2.24, 2.45) is 0 Å². The summed E-state index contributed by atoms with van der Waals surface area (Å²) in [5.41, 5.74) is 3.72. The zero-order valence-electron chi connectivity index (χ0n) is 26.4. The number of nitrogens with one attached hydrogen (secondary N) is 1. The Balaban J connectivity index is 1.83. The number of hydrogen-bond donors (Lipinski definition) is 1. The Morgan fingerprint density at radius 2 is 1.48 bits per heavy atom. The first-order valence-corrected chi connectivity index (χ1v) is 17.3. The molecule has 0 radical (unpaired) electrons. The van der Waals surface area contributed by atoms with Gasteiger partial charge in [0, 0.05) is 19.0 Å². The van der Waals surface area contributed by atoms with Gasteiger partial charge in [-0.1, -0.05) is 108 Å². The summed E-state index contributed by atoms with van der Waals surface area (Å²) in [7, 11) is -4.25. The minimum absolute atomic E-state index is 0.0116. The molecular weight excluding hydrogens is 641 g/mol. The van der Waals surface area contributed by atoms with Gasteiger partial charge in [-0.15, -0.1) is 0 Å². The molecule has 0 spiro atoms. The van der Waals surface area contributed by atoms with E-state index in [1.165, 1.54) is 35.2 Å². The summed E-state index contributed by atoms with van der Waals surface area (Å²) >= 11 is 12.5. The third-order valence-corrected chi connectivity index (χ3v) is 10.3. The van der Waals surface area contributed by atoms with E-state index in [0.29, 0.717) is 6.42 Å². The second kappa shape index (κ2) is 15.6. The van der Waals surface area contributed by atoms with E-state index >= 15 is 0 Å². The fourth-order valence-electron chi connectivity index (χ4n) is 5.01. The van der Waals surface area contributed by atoms with Crippen molar-refractivity contribution in [1.82, 2.24) is 10.2 Å². The molecule has 46 heavy (non-hydrogen) atoms. The fraction of sp³-hybridized carbons (Fsp3) is 0.278. The number of carbonyl (C=O) groups excluding carboxylic acids is 2. The van der Waals surface area contributed by atoms with Crippen LogP contribution < -0.4 is 9.62 Å². The average Bonchev–Trinajstić information content (AvgIpc) is 3.03. The van der Waals surface area contributed by atoms with Crippen molar-refractivity contribution >= 4 is 50.7 Å². The summed E-state index contributed by atoms with van der Waals surface area (Å²) in [4.78, 5) is 30.0. The van der Waals surface area contributed by atoms with Gasteiger partial charge in [0.2, 0.25) is 11.8 Å². The molecule has 0 aromatic heterocycles. The second-order valence-electron chi connectivity index (χ2n) is 11.5. The minimum Gasteiger partial charge on any atom is -0.352 e. The molecule has 0 fully saturated rings. The van der Waals surface area contributed by atoms with Crippen molar-refractivity contribution in [3.8, 4) is 0 Å². The molecule has 0 aliphatic heterocycles. The van der Waals surface area contributed by atoms with Crippen molar-refractivity contribution in [2.45, 2.75) is 64.1 Å². The highest BCUT2D eigenvalue weighted by atomic mass is 35.5. The molecule has 7 nitrogen and oxygen atoms in total. The Kier molecular flexibility index (Phi) is 11.9. The lowest BCUT2D eigenvalue weighted by Crippen LogP contribution is -2.54. The van der Waals surface area contributed by atoms with Gasteiger partial charge in [0.05, 0.1) is 20.6 Å². The summed E-state index contributed by atoms with van der Waals surface area (Å²) in [6.07, 6.45) is 0.938. The quantitative estimate of drug-likeness (QED) is 0.160. The molecule has 10 heteroatoms. The van der Waals surface area contributed by atoms with E-state index in [-0.39, 0.29) is 45.5 Å². The summed E-state index contributed by atoms with van der Waals surface area (Å²) in [6, 6.07) is 26.9. The zero-order valence-corrected chi connectivity index (χ0v) is 28.7. The van der Waals surface area contributed by atoms with Crippen LogP contribution in [0.4, 0.5) is 5.69 Å². The highest BCUT2D eigenvalue weighted by molar-refractivity contribution is 7.92. The van der Waals surface area contributed by atoms with E-state index < -0.39 is 28.5 Å². The average molecular weight is 681 g/mol. The van der Waals surface area contributed by atoms with Gasteiger partial charge < -0.3 is 10.2 Å². The van der Waals surface area contributed by atoms with E-state index in [4.69, 9.17) is 23.2 Å². The number of amides is 2. The van der Waals surface area contributed by atoms with Gasteiger partial charge in [-0.3, -0.25) is 13.9 Å². The van der Waals surface area contributed by atoms with E-state index in [1.807, 2.05) is 82.3 Å². The first-order chi connectivity index (χ1) is 21.9. The van der Waals surface area contributed by atoms with Crippen molar-refractivity contribution in [2.75, 3.05) is 10.8 Å². The van der Waals surface area contributed by atoms with Gasteiger partial charge >= 0.3 is 0 Å². The number of aryl methyl sites for hydroxylation is 2. The van der Waals surface area contributed by atoms with Crippen LogP contribution in [0.1, 0.15) is 42.5 Å². The molecule has 0 saturated carbocycles. The third-order valence-electron chi connectivity index (χ3n) is 7.79. The number of sulfonamides is 1. The first kappa shape index (κ1) is 35.0. The van der Waals surface area contributed by atoms with Crippen molar-refractivity contribution < 1.29 is 18.0 Å². The Morgan fingerprint density at radius 1 is 0.804 bits per heavy atom. The first-order valence-electron chi connectivity index (χ1n) is 15.1. The van der Waals surface area contributed by atoms with Crippen LogP contribution in [-0.2, 0) is 32.6 Å². The maximum absolute atomic E-state index is 14.6. The summed E-state index contributed by atoms with van der Waals surface area (Å²) in [6.45, 7) is 7.19. The topological polar surface area (TPSA) is 86.8 Å². The van der Waals surface area contributed by atoms with Crippen molar-refractivity contribution in [1.29, 1.82) is 0 Å². The molecule has 2 atom stereocenters. The van der Waals surface area contributed by atoms with E-state index in [1.54, 1.807) is 12.1 Å². The van der Waals surface area contributed by atoms with Crippen LogP contribution in [0.3, 0.4) is 0 Å². The number of benzene rings is 4. The van der Waals surface area contributed by atoms with Crippen molar-refractivity contribution in [3.63, 3.8) is 0 Å². The SMILES string of the molecule is CC[C@@H](C)NC(=O)[C@@H](Cc1ccccc1)N(Cc1cccc(C)c1)C(=O)CN(c1ccc(Cl)c(Cl)c1)S(=O)(=O)c1ccc(C)cc1. The third kappa shape index (κ3) is 8.90. The predicted molar refractivity (Wildman–Crippen MR) is 186 cm³/mol. The molecule has 0 unspecified atom stereocenters. The molecule has 4 rings (SSSR count). The van der Waals surface area contributed by atoms with Gasteiger partial charge in [0.15, 0.2) is 0 Å². The van der Waals surface area contributed by atoms with Crippen molar-refractivity contribution in [3.05, 3.63) is 129 Å². The number of hydrogen-bond acceptors (Lipinski definition) is 4. The molecule has 0 aliphatic carbocycles. The standard InChI is InChI=1S/C36H39Cl2N3O4S/c1-5-27(4)39-36(43)34(21-28-11-7-6-8-12-28)40(23-29-13-9-10-26(3)20-29)35(42)24-41(30-16-19-32(37)33(38)22-30)46(44,45)31-17-14-25(2)15-18-31/h6-20,22,27,34H,5,21,23-24H2,1-4H3,(H,39,43)/t27-,34-/m1/s1. The zero-order chi connectivity index (χ0) is 33.4. The van der Waals surface area contributed by atoms with Crippen LogP contribution in [0.25, 0.3) is 0 Å². The highest BCUT2D eigenvalue weighted by Crippen LogP contribution is 2.31. The predicted octanol–water partition coefficient (Wildman–Crippen LogP) is 7.36. The molecule has 0 aliphatic rings. The minimum atomic E-state index is -4.25. The lowest BCUT2D eigenvalue weighted by Gasteiger charge is -2.34. The largest absolute Gasteiger partial charge is 0.352 e. The number of nitrogens with zero attached hydrogens (tertiary/aromatic N) is 2. The number of halogens is 2. The molecule has 0 saturated heterocycles. The lowest BCUT2D eigenvalue weighted by molar-refractivity contribution is -0.140. The molecular formula is C36H39Cl2N3O4S. The Labute approximate surface area is 282 Å². The van der Waals surface area contributed by atoms with Crippen LogP contribution in [0.5, 0.6) is 0 Å². The highest BCUT2D eigenvalue weighted by Gasteiger charge is 2.35. The number of carbonyl (C=O) groups is 2. The molecule has 242 valence electrons. The summed E-state index contributed by atoms with van der Waals surface area (Å²) in [5.74, 6) is -0.870. The van der Waals surface area contributed by atoms with Crippen LogP contribution in [0.2, 0.25) is 10.0 Å². The van der Waals surface area contributed by atoms with Crippen LogP contribution in [0.15, 0.2) is 102 Å². The van der Waals surface area contributed by atoms with Gasteiger partial charge in [0.1, 0.15) is 12.6 Å². The molecule has 4 aromatic rings. The smallest absolute Gasteiger partial charge is 0.264 e. The second-order valence-corrected chi connectivity index (χ2v) is 14.1. The molecule has 4 aromatic carbocycles. The van der Waals surface area contributed by atoms with E-state index in [2.05, 4.69) is 5.32 Å². The van der Waals surface area contributed by atoms with Gasteiger partial charge in [-0.05, 0) is 68.7 Å². The van der Waals surface area contributed by atoms with Gasteiger partial charge in [-0.25, -0.2) is 8.42 Å². The molecule has 0 bridgehead atoms. The van der Waals surface area contributed by atoms with Gasteiger partial charge in [0.25, 0.3) is 10.0 Å². The molecule has 0 heterocycles. The maximum Gasteiger partial charge on any atom is 0.264 e. The number of rotatable bonds is 13. The molecule has 1 N–H and O–H groups in total. The van der Waals surface area contributed by atoms with Gasteiger partial charge in [-0.2, -0.15) is 0 Å². The van der Waals surface area contributed by atoms with Crippen LogP contribution >= 0.6 is 23.2 Å². The van der Waals surface area contributed by atoms with Crippen LogP contribution in [-0.4, -0.2) is 43.8 Å². The lowest BCUT2D eigenvalue weighted by atomic mass is 10.0. The Morgan fingerprint density at radius 3 is 2.11 bits per heavy atom. The fourth-order valence-corrected chi connectivity index (χ4v) is 6.71.